The number of nitrogens with one attached hydrogen (secondary N) is 3. The molecule has 0 saturated carbocycles. The van der Waals surface area contributed by atoms with Crippen LogP contribution in [0, 0.1) is 15.9 Å². The van der Waals surface area contributed by atoms with Gasteiger partial charge in [-0.05, 0) is 12.1 Å². The molecule has 1 aromatic rings. The zero-order chi connectivity index (χ0) is 14.7. The summed E-state index contributed by atoms with van der Waals surface area (Å²) < 4.78 is 13.0. The third kappa shape index (κ3) is 3.06. The van der Waals surface area contributed by atoms with Crippen LogP contribution in [0.4, 0.5) is 15.8 Å². The van der Waals surface area contributed by atoms with E-state index in [-0.39, 0.29) is 24.7 Å². The number of halogens is 1. The smallest absolute Gasteiger partial charge is 0.295 e. The maximum absolute atomic E-state index is 13.0. The Labute approximate surface area is 112 Å². The summed E-state index contributed by atoms with van der Waals surface area (Å²) in [7, 11) is 0. The minimum atomic E-state index is -0.783. The third-order valence-electron chi connectivity index (χ3n) is 2.74. The van der Waals surface area contributed by atoms with Crippen molar-refractivity contribution in [2.45, 2.75) is 6.04 Å². The van der Waals surface area contributed by atoms with E-state index in [1.807, 2.05) is 0 Å². The second-order valence-corrected chi connectivity index (χ2v) is 4.15. The maximum atomic E-state index is 13.0. The first-order chi connectivity index (χ1) is 9.47. The summed E-state index contributed by atoms with van der Waals surface area (Å²) in [4.78, 5) is 32.8. The maximum Gasteiger partial charge on any atom is 0.295 e. The third-order valence-corrected chi connectivity index (χ3v) is 2.74. The van der Waals surface area contributed by atoms with Crippen LogP contribution in [-0.4, -0.2) is 35.9 Å². The molecule has 1 aliphatic heterocycles. The molecule has 2 amide bonds. The van der Waals surface area contributed by atoms with Crippen molar-refractivity contribution in [3.8, 4) is 0 Å². The lowest BCUT2D eigenvalue weighted by atomic mass is 10.2. The lowest BCUT2D eigenvalue weighted by molar-refractivity contribution is -0.384. The quantitative estimate of drug-likeness (QED) is 0.523. The van der Waals surface area contributed by atoms with Crippen molar-refractivity contribution in [3.63, 3.8) is 0 Å². The Bertz CT molecular complexity index is 568. The molecule has 0 radical (unpaired) electrons. The van der Waals surface area contributed by atoms with Crippen molar-refractivity contribution in [2.75, 3.05) is 18.4 Å². The topological polar surface area (TPSA) is 113 Å². The number of nitro benzene ring substituents is 1. The van der Waals surface area contributed by atoms with E-state index in [1.165, 1.54) is 0 Å². The fourth-order valence-corrected chi connectivity index (χ4v) is 1.73. The van der Waals surface area contributed by atoms with E-state index in [0.29, 0.717) is 0 Å². The summed E-state index contributed by atoms with van der Waals surface area (Å²) >= 11 is 0. The van der Waals surface area contributed by atoms with Crippen molar-refractivity contribution in [1.29, 1.82) is 0 Å². The molecule has 0 bridgehead atoms. The highest BCUT2D eigenvalue weighted by atomic mass is 19.1. The number of amides is 2. The molecule has 1 aromatic carbocycles. The van der Waals surface area contributed by atoms with Gasteiger partial charge in [-0.15, -0.1) is 0 Å². The Hall–Kier alpha value is -2.55. The Morgan fingerprint density at radius 3 is 2.85 bits per heavy atom. The standard InChI is InChI=1S/C11H11FN4O4/c12-6-1-2-7(9(3-6)16(19)20)15-11(18)8-4-14-10(17)5-13-8/h1-3,8,13H,4-5H2,(H,14,17)(H,15,18). The van der Waals surface area contributed by atoms with Crippen LogP contribution in [0.25, 0.3) is 0 Å². The molecule has 8 nitrogen and oxygen atoms in total. The molecule has 1 aliphatic rings. The number of carbonyl (C=O) groups excluding carboxylic acids is 2. The predicted octanol–water partition coefficient (Wildman–Crippen LogP) is -0.240. The number of nitrogens with zero attached hydrogens (tertiary/aromatic N) is 1. The van der Waals surface area contributed by atoms with E-state index in [0.717, 1.165) is 18.2 Å². The van der Waals surface area contributed by atoms with Gasteiger partial charge in [0, 0.05) is 6.54 Å². The van der Waals surface area contributed by atoms with Gasteiger partial charge in [0.15, 0.2) is 0 Å². The van der Waals surface area contributed by atoms with E-state index in [9.17, 15) is 24.1 Å². The highest BCUT2D eigenvalue weighted by Gasteiger charge is 2.25. The summed E-state index contributed by atoms with van der Waals surface area (Å²) in [5, 5.41) is 18.3. The number of anilines is 1. The summed E-state index contributed by atoms with van der Waals surface area (Å²) in [6.45, 7) is 0.0727. The van der Waals surface area contributed by atoms with Gasteiger partial charge in [0.1, 0.15) is 17.5 Å². The molecule has 106 valence electrons. The molecule has 1 atom stereocenters. The number of nitro groups is 1. The number of hydrogen-bond donors (Lipinski definition) is 3. The first-order valence-electron chi connectivity index (χ1n) is 5.72. The molecule has 2 rings (SSSR count). The molecule has 3 N–H and O–H groups in total. The Morgan fingerprint density at radius 1 is 1.50 bits per heavy atom. The number of rotatable bonds is 3. The van der Waals surface area contributed by atoms with Crippen LogP contribution in [-0.2, 0) is 9.59 Å². The second kappa shape index (κ2) is 5.61. The van der Waals surface area contributed by atoms with Crippen molar-refractivity contribution < 1.29 is 18.9 Å². The van der Waals surface area contributed by atoms with Gasteiger partial charge in [0.05, 0.1) is 17.5 Å². The van der Waals surface area contributed by atoms with Gasteiger partial charge in [0.2, 0.25) is 11.8 Å². The molecule has 1 unspecified atom stereocenters. The van der Waals surface area contributed by atoms with E-state index in [1.54, 1.807) is 0 Å². The summed E-state index contributed by atoms with van der Waals surface area (Å²) in [5.41, 5.74) is -0.627. The van der Waals surface area contributed by atoms with Crippen LogP contribution in [0.5, 0.6) is 0 Å². The molecule has 1 fully saturated rings. The fraction of sp³-hybridized carbons (Fsp3) is 0.273. The fourth-order valence-electron chi connectivity index (χ4n) is 1.73. The van der Waals surface area contributed by atoms with Crippen LogP contribution in [0.2, 0.25) is 0 Å². The lowest BCUT2D eigenvalue weighted by Crippen LogP contribution is -2.56. The summed E-state index contributed by atoms with van der Waals surface area (Å²) in [6.07, 6.45) is 0. The van der Waals surface area contributed by atoms with Crippen molar-refractivity contribution >= 4 is 23.2 Å². The molecule has 0 aliphatic carbocycles. The zero-order valence-corrected chi connectivity index (χ0v) is 10.2. The van der Waals surface area contributed by atoms with Crippen LogP contribution in [0.3, 0.4) is 0 Å². The summed E-state index contributed by atoms with van der Waals surface area (Å²) in [5.74, 6) is -1.54. The highest BCUT2D eigenvalue weighted by molar-refractivity contribution is 5.98. The van der Waals surface area contributed by atoms with Gasteiger partial charge in [0.25, 0.3) is 5.69 Å². The first-order valence-corrected chi connectivity index (χ1v) is 5.72. The zero-order valence-electron chi connectivity index (χ0n) is 10.2. The lowest BCUT2D eigenvalue weighted by Gasteiger charge is -2.23. The minimum absolute atomic E-state index is 0.0103. The van der Waals surface area contributed by atoms with E-state index in [2.05, 4.69) is 16.0 Å². The van der Waals surface area contributed by atoms with E-state index >= 15 is 0 Å². The highest BCUT2D eigenvalue weighted by Crippen LogP contribution is 2.25. The molecule has 20 heavy (non-hydrogen) atoms. The van der Waals surface area contributed by atoms with Crippen molar-refractivity contribution in [1.82, 2.24) is 10.6 Å². The molecule has 1 heterocycles. The molecular formula is C11H11FN4O4. The minimum Gasteiger partial charge on any atom is -0.353 e. The van der Waals surface area contributed by atoms with E-state index in [4.69, 9.17) is 0 Å². The molecule has 0 spiro atoms. The van der Waals surface area contributed by atoms with Crippen molar-refractivity contribution in [2.24, 2.45) is 0 Å². The van der Waals surface area contributed by atoms with Crippen LogP contribution in [0.1, 0.15) is 0 Å². The van der Waals surface area contributed by atoms with Gasteiger partial charge < -0.3 is 10.6 Å². The average molecular weight is 282 g/mol. The first kappa shape index (κ1) is 13.9. The number of hydrogen-bond acceptors (Lipinski definition) is 5. The van der Waals surface area contributed by atoms with E-state index < -0.39 is 28.4 Å². The Balaban J connectivity index is 2.11. The number of carbonyl (C=O) groups is 2. The van der Waals surface area contributed by atoms with Gasteiger partial charge in [-0.1, -0.05) is 0 Å². The molecular weight excluding hydrogens is 271 g/mol. The monoisotopic (exact) mass is 282 g/mol. The van der Waals surface area contributed by atoms with Crippen molar-refractivity contribution in [3.05, 3.63) is 34.1 Å². The molecule has 1 saturated heterocycles. The van der Waals surface area contributed by atoms with Gasteiger partial charge >= 0.3 is 0 Å². The number of piperazine rings is 1. The van der Waals surface area contributed by atoms with Crippen LogP contribution < -0.4 is 16.0 Å². The molecule has 0 aromatic heterocycles. The largest absolute Gasteiger partial charge is 0.353 e. The number of benzene rings is 1. The van der Waals surface area contributed by atoms with Gasteiger partial charge in [-0.2, -0.15) is 0 Å². The SMILES string of the molecule is O=C1CNC(C(=O)Nc2ccc(F)cc2[N+](=O)[O-])CN1. The normalized spacial score (nSPS) is 18.2. The second-order valence-electron chi connectivity index (χ2n) is 4.15. The molecule has 9 heteroatoms. The van der Waals surface area contributed by atoms with Gasteiger partial charge in [-0.3, -0.25) is 25.0 Å². The van der Waals surface area contributed by atoms with Crippen LogP contribution in [0.15, 0.2) is 18.2 Å². The average Bonchev–Trinajstić information content (AvgIpc) is 2.41. The predicted molar refractivity (Wildman–Crippen MR) is 66.5 cm³/mol. The van der Waals surface area contributed by atoms with Crippen LogP contribution >= 0.6 is 0 Å². The summed E-state index contributed by atoms with van der Waals surface area (Å²) in [6, 6.07) is 2.16. The Kier molecular flexibility index (Phi) is 3.89. The van der Waals surface area contributed by atoms with Gasteiger partial charge in [-0.25, -0.2) is 4.39 Å². The Morgan fingerprint density at radius 2 is 2.25 bits per heavy atom.